The summed E-state index contributed by atoms with van der Waals surface area (Å²) in [6, 6.07) is 6.70. The molecule has 1 rings (SSSR count). The smallest absolute Gasteiger partial charge is 0.124 e. The van der Waals surface area contributed by atoms with Gasteiger partial charge in [0.15, 0.2) is 0 Å². The summed E-state index contributed by atoms with van der Waals surface area (Å²) >= 11 is 0. The molecule has 17 heavy (non-hydrogen) atoms. The van der Waals surface area contributed by atoms with Gasteiger partial charge in [0, 0.05) is 11.6 Å². The van der Waals surface area contributed by atoms with Crippen molar-refractivity contribution >= 4 is 0 Å². The van der Waals surface area contributed by atoms with Crippen LogP contribution < -0.4 is 10.1 Å². The second-order valence-corrected chi connectivity index (χ2v) is 4.25. The van der Waals surface area contributed by atoms with Crippen LogP contribution in [0.5, 0.6) is 5.75 Å². The first-order valence-corrected chi connectivity index (χ1v) is 6.26. The number of hydrogen-bond donors (Lipinski definition) is 1. The number of aryl methyl sites for hydroxylation is 1. The Labute approximate surface area is 105 Å². The van der Waals surface area contributed by atoms with Crippen LogP contribution in [0.15, 0.2) is 30.9 Å². The zero-order valence-corrected chi connectivity index (χ0v) is 11.1. The fourth-order valence-corrected chi connectivity index (χ4v) is 1.79. The maximum absolute atomic E-state index is 5.81. The van der Waals surface area contributed by atoms with Gasteiger partial charge < -0.3 is 10.1 Å². The Morgan fingerprint density at radius 3 is 2.88 bits per heavy atom. The van der Waals surface area contributed by atoms with Crippen LogP contribution in [0.2, 0.25) is 0 Å². The normalized spacial score (nSPS) is 12.2. The van der Waals surface area contributed by atoms with E-state index in [9.17, 15) is 0 Å². The topological polar surface area (TPSA) is 21.3 Å². The van der Waals surface area contributed by atoms with Crippen molar-refractivity contribution in [1.29, 1.82) is 0 Å². The van der Waals surface area contributed by atoms with Gasteiger partial charge in [-0.15, -0.1) is 6.58 Å². The van der Waals surface area contributed by atoms with E-state index in [0.29, 0.717) is 12.6 Å². The van der Waals surface area contributed by atoms with Crippen molar-refractivity contribution in [2.24, 2.45) is 0 Å². The fourth-order valence-electron chi connectivity index (χ4n) is 1.79. The predicted octanol–water partition coefficient (Wildman–Crippen LogP) is 3.62. The van der Waals surface area contributed by atoms with Gasteiger partial charge in [-0.3, -0.25) is 0 Å². The molecule has 1 aromatic rings. The molecule has 94 valence electrons. The first kappa shape index (κ1) is 13.8. The third-order valence-corrected chi connectivity index (χ3v) is 2.73. The van der Waals surface area contributed by atoms with E-state index in [-0.39, 0.29) is 0 Å². The van der Waals surface area contributed by atoms with Crippen LogP contribution in [0.1, 0.15) is 37.4 Å². The van der Waals surface area contributed by atoms with Crippen LogP contribution in [-0.2, 0) is 0 Å². The molecule has 0 saturated heterocycles. The summed E-state index contributed by atoms with van der Waals surface area (Å²) in [4.78, 5) is 0. The third kappa shape index (κ3) is 4.23. The summed E-state index contributed by atoms with van der Waals surface area (Å²) in [5.41, 5.74) is 2.45. The highest BCUT2D eigenvalue weighted by Gasteiger charge is 2.10. The van der Waals surface area contributed by atoms with Gasteiger partial charge in [0.2, 0.25) is 0 Å². The van der Waals surface area contributed by atoms with Gasteiger partial charge in [0.25, 0.3) is 0 Å². The van der Waals surface area contributed by atoms with Crippen molar-refractivity contribution in [3.8, 4) is 5.75 Å². The molecular formula is C15H23NO. The van der Waals surface area contributed by atoms with E-state index in [0.717, 1.165) is 18.7 Å². The second kappa shape index (κ2) is 7.13. The largest absolute Gasteiger partial charge is 0.493 e. The lowest BCUT2D eigenvalue weighted by atomic mass is 10.0. The minimum absolute atomic E-state index is 0.319. The van der Waals surface area contributed by atoms with E-state index in [1.54, 1.807) is 0 Å². The summed E-state index contributed by atoms with van der Waals surface area (Å²) in [7, 11) is 0. The van der Waals surface area contributed by atoms with E-state index in [1.807, 2.05) is 6.08 Å². The molecule has 0 aliphatic carbocycles. The standard InChI is InChI=1S/C15H23NO/c1-5-7-10-17-15-11-12(3)8-9-14(15)13(4)16-6-2/h5,8-9,11,13,16H,1,6-7,10H2,2-4H3. The first-order chi connectivity index (χ1) is 8.19. The Morgan fingerprint density at radius 1 is 1.47 bits per heavy atom. The zero-order chi connectivity index (χ0) is 12.7. The van der Waals surface area contributed by atoms with Crippen molar-refractivity contribution in [3.05, 3.63) is 42.0 Å². The van der Waals surface area contributed by atoms with Crippen molar-refractivity contribution in [2.45, 2.75) is 33.2 Å². The maximum atomic E-state index is 5.81. The molecule has 0 radical (unpaired) electrons. The Morgan fingerprint density at radius 2 is 2.24 bits per heavy atom. The summed E-state index contributed by atoms with van der Waals surface area (Å²) in [5.74, 6) is 0.986. The molecule has 2 nitrogen and oxygen atoms in total. The Balaban J connectivity index is 2.82. The van der Waals surface area contributed by atoms with Crippen LogP contribution in [0.4, 0.5) is 0 Å². The van der Waals surface area contributed by atoms with E-state index < -0.39 is 0 Å². The molecule has 1 aromatic carbocycles. The van der Waals surface area contributed by atoms with Crippen molar-refractivity contribution < 1.29 is 4.74 Å². The van der Waals surface area contributed by atoms with Gasteiger partial charge in [0.05, 0.1) is 6.61 Å². The SMILES string of the molecule is C=CCCOc1cc(C)ccc1C(C)NCC. The van der Waals surface area contributed by atoms with Gasteiger partial charge >= 0.3 is 0 Å². The number of nitrogens with one attached hydrogen (secondary N) is 1. The van der Waals surface area contributed by atoms with Gasteiger partial charge in [-0.2, -0.15) is 0 Å². The van der Waals surface area contributed by atoms with Crippen LogP contribution in [0.3, 0.4) is 0 Å². The van der Waals surface area contributed by atoms with Crippen LogP contribution in [-0.4, -0.2) is 13.2 Å². The van der Waals surface area contributed by atoms with E-state index in [4.69, 9.17) is 4.74 Å². The lowest BCUT2D eigenvalue weighted by molar-refractivity contribution is 0.318. The number of benzene rings is 1. The van der Waals surface area contributed by atoms with Crippen LogP contribution in [0.25, 0.3) is 0 Å². The third-order valence-electron chi connectivity index (χ3n) is 2.73. The summed E-state index contributed by atoms with van der Waals surface area (Å²) in [6.45, 7) is 11.7. The second-order valence-electron chi connectivity index (χ2n) is 4.25. The van der Waals surface area contributed by atoms with Crippen LogP contribution in [0, 0.1) is 6.92 Å². The molecule has 0 fully saturated rings. The summed E-state index contributed by atoms with van der Waals surface area (Å²) < 4.78 is 5.81. The van der Waals surface area contributed by atoms with Gasteiger partial charge in [-0.05, 0) is 38.4 Å². The number of rotatable bonds is 7. The highest BCUT2D eigenvalue weighted by molar-refractivity contribution is 5.39. The molecule has 2 heteroatoms. The minimum atomic E-state index is 0.319. The molecule has 0 aliphatic heterocycles. The number of ether oxygens (including phenoxy) is 1. The molecule has 0 aromatic heterocycles. The summed E-state index contributed by atoms with van der Waals surface area (Å²) in [6.07, 6.45) is 2.76. The molecule has 1 unspecified atom stereocenters. The molecule has 0 spiro atoms. The number of hydrogen-bond acceptors (Lipinski definition) is 2. The van der Waals surface area contributed by atoms with E-state index in [1.165, 1.54) is 11.1 Å². The highest BCUT2D eigenvalue weighted by Crippen LogP contribution is 2.26. The van der Waals surface area contributed by atoms with Gasteiger partial charge in [-0.25, -0.2) is 0 Å². The minimum Gasteiger partial charge on any atom is -0.493 e. The Kier molecular flexibility index (Phi) is 5.78. The van der Waals surface area contributed by atoms with Crippen molar-refractivity contribution in [3.63, 3.8) is 0 Å². The van der Waals surface area contributed by atoms with E-state index >= 15 is 0 Å². The molecule has 1 atom stereocenters. The average Bonchev–Trinajstić information content (AvgIpc) is 2.30. The molecule has 0 heterocycles. The van der Waals surface area contributed by atoms with Gasteiger partial charge in [-0.1, -0.05) is 25.1 Å². The molecule has 1 N–H and O–H groups in total. The molecule has 0 saturated carbocycles. The predicted molar refractivity (Wildman–Crippen MR) is 73.6 cm³/mol. The van der Waals surface area contributed by atoms with Crippen molar-refractivity contribution in [1.82, 2.24) is 5.32 Å². The monoisotopic (exact) mass is 233 g/mol. The zero-order valence-electron chi connectivity index (χ0n) is 11.1. The molecule has 0 amide bonds. The molecule has 0 bridgehead atoms. The summed E-state index contributed by atoms with van der Waals surface area (Å²) in [5, 5.41) is 3.41. The molecular weight excluding hydrogens is 210 g/mol. The first-order valence-electron chi connectivity index (χ1n) is 6.26. The Bertz CT molecular complexity index is 360. The lowest BCUT2D eigenvalue weighted by Gasteiger charge is -2.18. The quantitative estimate of drug-likeness (QED) is 0.573. The molecule has 0 aliphatic rings. The maximum Gasteiger partial charge on any atom is 0.124 e. The van der Waals surface area contributed by atoms with Crippen molar-refractivity contribution in [2.75, 3.05) is 13.2 Å². The van der Waals surface area contributed by atoms with E-state index in [2.05, 4.69) is 50.9 Å². The Hall–Kier alpha value is -1.28. The average molecular weight is 233 g/mol. The van der Waals surface area contributed by atoms with Gasteiger partial charge in [0.1, 0.15) is 5.75 Å². The lowest BCUT2D eigenvalue weighted by Crippen LogP contribution is -2.18. The highest BCUT2D eigenvalue weighted by atomic mass is 16.5. The fraction of sp³-hybridized carbons (Fsp3) is 0.467. The van der Waals surface area contributed by atoms with Crippen LogP contribution >= 0.6 is 0 Å².